The van der Waals surface area contributed by atoms with Gasteiger partial charge in [0.05, 0.1) is 12.5 Å². The number of carbonyl (C=O) groups is 2. The number of carboxylic acid groups (broad SMARTS) is 1. The predicted octanol–water partition coefficient (Wildman–Crippen LogP) is 1.44. The van der Waals surface area contributed by atoms with Crippen LogP contribution in [0.25, 0.3) is 0 Å². The zero-order valence-electron chi connectivity index (χ0n) is 11.9. The van der Waals surface area contributed by atoms with Crippen molar-refractivity contribution in [2.45, 2.75) is 25.8 Å². The molecule has 1 fully saturated rings. The van der Waals surface area contributed by atoms with Gasteiger partial charge in [-0.3, -0.25) is 9.59 Å². The van der Waals surface area contributed by atoms with Crippen LogP contribution >= 0.6 is 0 Å². The topological polar surface area (TPSA) is 84.9 Å². The van der Waals surface area contributed by atoms with E-state index >= 15 is 0 Å². The van der Waals surface area contributed by atoms with Crippen molar-refractivity contribution < 1.29 is 24.2 Å². The Morgan fingerprint density at radius 3 is 2.43 bits per heavy atom. The van der Waals surface area contributed by atoms with Crippen molar-refractivity contribution in [3.8, 4) is 11.5 Å². The molecule has 0 aromatic heterocycles. The molecule has 21 heavy (non-hydrogen) atoms. The SMILES string of the molecule is CCOc1ccccc1OCC(=O)NC1CC(C(=O)O)C1. The first-order chi connectivity index (χ1) is 10.1. The minimum absolute atomic E-state index is 0.0654. The van der Waals surface area contributed by atoms with Crippen molar-refractivity contribution >= 4 is 11.9 Å². The summed E-state index contributed by atoms with van der Waals surface area (Å²) >= 11 is 0. The number of hydrogen-bond donors (Lipinski definition) is 2. The first-order valence-electron chi connectivity index (χ1n) is 6.97. The van der Waals surface area contributed by atoms with E-state index in [1.807, 2.05) is 13.0 Å². The predicted molar refractivity (Wildman–Crippen MR) is 75.4 cm³/mol. The molecule has 0 spiro atoms. The number of aliphatic carboxylic acids is 1. The van der Waals surface area contributed by atoms with Gasteiger partial charge >= 0.3 is 5.97 Å². The van der Waals surface area contributed by atoms with Gasteiger partial charge in [-0.25, -0.2) is 0 Å². The van der Waals surface area contributed by atoms with Crippen molar-refractivity contribution in [1.29, 1.82) is 0 Å². The van der Waals surface area contributed by atoms with Crippen LogP contribution in [0.1, 0.15) is 19.8 Å². The molecule has 0 saturated heterocycles. The molecule has 1 aliphatic carbocycles. The zero-order chi connectivity index (χ0) is 15.2. The Bertz CT molecular complexity index is 511. The lowest BCUT2D eigenvalue weighted by Crippen LogP contribution is -2.48. The van der Waals surface area contributed by atoms with Crippen LogP contribution in [0.4, 0.5) is 0 Å². The molecule has 0 bridgehead atoms. The van der Waals surface area contributed by atoms with Gasteiger partial charge in [0.25, 0.3) is 5.91 Å². The summed E-state index contributed by atoms with van der Waals surface area (Å²) in [5.41, 5.74) is 0. The molecule has 1 amide bonds. The quantitative estimate of drug-likeness (QED) is 0.794. The molecule has 1 aliphatic rings. The molecular formula is C15H19NO5. The second-order valence-electron chi connectivity index (χ2n) is 4.94. The molecule has 0 radical (unpaired) electrons. The Kier molecular flexibility index (Phi) is 5.03. The van der Waals surface area contributed by atoms with Crippen molar-refractivity contribution in [2.75, 3.05) is 13.2 Å². The maximum Gasteiger partial charge on any atom is 0.306 e. The molecule has 0 heterocycles. The third-order valence-electron chi connectivity index (χ3n) is 3.36. The molecule has 6 nitrogen and oxygen atoms in total. The summed E-state index contributed by atoms with van der Waals surface area (Å²) in [5.74, 6) is -0.277. The molecule has 2 N–H and O–H groups in total. The summed E-state index contributed by atoms with van der Waals surface area (Å²) in [6, 6.07) is 7.09. The standard InChI is InChI=1S/C15H19NO5/c1-2-20-12-5-3-4-6-13(12)21-9-14(17)16-11-7-10(8-11)15(18)19/h3-6,10-11H,2,7-9H2,1H3,(H,16,17)(H,18,19). The highest BCUT2D eigenvalue weighted by Crippen LogP contribution is 2.28. The first kappa shape index (κ1) is 15.2. The van der Waals surface area contributed by atoms with Gasteiger partial charge in [-0.1, -0.05) is 12.1 Å². The van der Waals surface area contributed by atoms with E-state index < -0.39 is 5.97 Å². The maximum atomic E-state index is 11.7. The first-order valence-corrected chi connectivity index (χ1v) is 6.97. The summed E-state index contributed by atoms with van der Waals surface area (Å²) in [7, 11) is 0. The van der Waals surface area contributed by atoms with Crippen LogP contribution in [-0.2, 0) is 9.59 Å². The smallest absolute Gasteiger partial charge is 0.306 e. The number of ether oxygens (including phenoxy) is 2. The van der Waals surface area contributed by atoms with Gasteiger partial charge in [0.2, 0.25) is 0 Å². The number of carboxylic acids is 1. The summed E-state index contributed by atoms with van der Waals surface area (Å²) in [5, 5.41) is 11.5. The van der Waals surface area contributed by atoms with Crippen LogP contribution in [0.3, 0.4) is 0 Å². The van der Waals surface area contributed by atoms with E-state index in [9.17, 15) is 9.59 Å². The van der Waals surface area contributed by atoms with Crippen LogP contribution in [0.15, 0.2) is 24.3 Å². The number of benzene rings is 1. The maximum absolute atomic E-state index is 11.7. The molecule has 0 atom stereocenters. The molecule has 0 unspecified atom stereocenters. The highest BCUT2D eigenvalue weighted by molar-refractivity contribution is 5.79. The van der Waals surface area contributed by atoms with Gasteiger partial charge in [-0.05, 0) is 31.9 Å². The van der Waals surface area contributed by atoms with Crippen LogP contribution in [0.5, 0.6) is 11.5 Å². The number of amides is 1. The van der Waals surface area contributed by atoms with Crippen molar-refractivity contribution in [1.82, 2.24) is 5.32 Å². The van der Waals surface area contributed by atoms with E-state index in [0.29, 0.717) is 30.9 Å². The van der Waals surface area contributed by atoms with Crippen LogP contribution in [-0.4, -0.2) is 36.2 Å². The second-order valence-corrected chi connectivity index (χ2v) is 4.94. The summed E-state index contributed by atoms with van der Waals surface area (Å²) < 4.78 is 10.8. The van der Waals surface area contributed by atoms with Crippen LogP contribution in [0, 0.1) is 5.92 Å². The van der Waals surface area contributed by atoms with E-state index in [1.165, 1.54) is 0 Å². The third-order valence-corrected chi connectivity index (χ3v) is 3.36. The average molecular weight is 293 g/mol. The lowest BCUT2D eigenvalue weighted by atomic mass is 9.80. The third kappa shape index (κ3) is 4.11. The highest BCUT2D eigenvalue weighted by atomic mass is 16.5. The normalized spacial score (nSPS) is 20.2. The van der Waals surface area contributed by atoms with E-state index in [-0.39, 0.29) is 24.5 Å². The molecule has 0 aliphatic heterocycles. The number of carbonyl (C=O) groups excluding carboxylic acids is 1. The molecule has 1 aromatic carbocycles. The molecular weight excluding hydrogens is 274 g/mol. The number of nitrogens with one attached hydrogen (secondary N) is 1. The van der Waals surface area contributed by atoms with E-state index in [2.05, 4.69) is 5.32 Å². The van der Waals surface area contributed by atoms with E-state index in [1.54, 1.807) is 18.2 Å². The van der Waals surface area contributed by atoms with Crippen molar-refractivity contribution in [3.63, 3.8) is 0 Å². The van der Waals surface area contributed by atoms with Crippen molar-refractivity contribution in [3.05, 3.63) is 24.3 Å². The lowest BCUT2D eigenvalue weighted by Gasteiger charge is -2.32. The lowest BCUT2D eigenvalue weighted by molar-refractivity contribution is -0.146. The summed E-state index contributed by atoms with van der Waals surface area (Å²) in [6.07, 6.45) is 0.965. The van der Waals surface area contributed by atoms with Gasteiger partial charge < -0.3 is 19.9 Å². The molecule has 2 rings (SSSR count). The Morgan fingerprint density at radius 2 is 1.86 bits per heavy atom. The Morgan fingerprint density at radius 1 is 1.24 bits per heavy atom. The zero-order valence-corrected chi connectivity index (χ0v) is 11.9. The highest BCUT2D eigenvalue weighted by Gasteiger charge is 2.35. The fraction of sp³-hybridized carbons (Fsp3) is 0.467. The fourth-order valence-corrected chi connectivity index (χ4v) is 2.19. The number of hydrogen-bond acceptors (Lipinski definition) is 4. The van der Waals surface area contributed by atoms with Crippen molar-refractivity contribution in [2.24, 2.45) is 5.92 Å². The monoisotopic (exact) mass is 293 g/mol. The largest absolute Gasteiger partial charge is 0.490 e. The average Bonchev–Trinajstić information content (AvgIpc) is 2.41. The second kappa shape index (κ2) is 6.97. The van der Waals surface area contributed by atoms with E-state index in [0.717, 1.165) is 0 Å². The molecule has 1 saturated carbocycles. The van der Waals surface area contributed by atoms with Gasteiger partial charge in [0.15, 0.2) is 18.1 Å². The summed E-state index contributed by atoms with van der Waals surface area (Å²) in [6.45, 7) is 2.28. The van der Waals surface area contributed by atoms with E-state index in [4.69, 9.17) is 14.6 Å². The number of para-hydroxylation sites is 2. The minimum Gasteiger partial charge on any atom is -0.490 e. The Labute approximate surface area is 123 Å². The van der Waals surface area contributed by atoms with Gasteiger partial charge in [-0.2, -0.15) is 0 Å². The minimum atomic E-state index is -0.803. The Balaban J connectivity index is 1.76. The Hall–Kier alpha value is -2.24. The van der Waals surface area contributed by atoms with Crippen LogP contribution < -0.4 is 14.8 Å². The van der Waals surface area contributed by atoms with Gasteiger partial charge in [0.1, 0.15) is 0 Å². The fourth-order valence-electron chi connectivity index (χ4n) is 2.19. The molecule has 6 heteroatoms. The van der Waals surface area contributed by atoms with Crippen LogP contribution in [0.2, 0.25) is 0 Å². The summed E-state index contributed by atoms with van der Waals surface area (Å²) in [4.78, 5) is 22.4. The molecule has 1 aromatic rings. The molecule has 114 valence electrons. The number of rotatable bonds is 7. The van der Waals surface area contributed by atoms with Gasteiger partial charge in [0, 0.05) is 6.04 Å². The van der Waals surface area contributed by atoms with Gasteiger partial charge in [-0.15, -0.1) is 0 Å².